The Bertz CT molecular complexity index is 1620. The highest BCUT2D eigenvalue weighted by Gasteiger charge is 2.25. The number of aromatic nitrogens is 3. The quantitative estimate of drug-likeness (QED) is 0.190. The number of benzene rings is 1. The summed E-state index contributed by atoms with van der Waals surface area (Å²) in [5, 5.41) is 0.367. The fourth-order valence-corrected chi connectivity index (χ4v) is 4.85. The second kappa shape index (κ2) is 10.6. The molecule has 1 aromatic carbocycles. The van der Waals surface area contributed by atoms with Crippen LogP contribution in [0.2, 0.25) is 0 Å². The van der Waals surface area contributed by atoms with Crippen LogP contribution in [-0.2, 0) is 0 Å². The van der Waals surface area contributed by atoms with Crippen LogP contribution in [0, 0.1) is 11.6 Å². The van der Waals surface area contributed by atoms with E-state index in [1.165, 1.54) is 38.6 Å². The number of hydrogen-bond acceptors (Lipinski definition) is 7. The number of hydrogen-bond donors (Lipinski definition) is 2. The van der Waals surface area contributed by atoms with Crippen molar-refractivity contribution in [1.29, 1.82) is 0 Å². The summed E-state index contributed by atoms with van der Waals surface area (Å²) in [6.07, 6.45) is 6.85. The summed E-state index contributed by atoms with van der Waals surface area (Å²) < 4.78 is 57.0. The van der Waals surface area contributed by atoms with Gasteiger partial charge in [0.05, 0.1) is 25.5 Å². The number of H-pyrrole nitrogens is 1. The Kier molecular flexibility index (Phi) is 7.10. The minimum Gasteiger partial charge on any atom is -0.481 e. The molecule has 3 heterocycles. The van der Waals surface area contributed by atoms with E-state index in [9.17, 15) is 13.6 Å². The maximum atomic E-state index is 15.4. The van der Waals surface area contributed by atoms with Crippen LogP contribution in [0.15, 0.2) is 65.6 Å². The minimum atomic E-state index is -1.05. The summed E-state index contributed by atoms with van der Waals surface area (Å²) in [4.78, 5) is 25.6. The van der Waals surface area contributed by atoms with Gasteiger partial charge in [-0.1, -0.05) is 0 Å². The normalized spacial score (nSPS) is 13.2. The van der Waals surface area contributed by atoms with Gasteiger partial charge < -0.3 is 19.2 Å². The van der Waals surface area contributed by atoms with Gasteiger partial charge in [0, 0.05) is 45.4 Å². The first-order valence-electron chi connectivity index (χ1n) is 11.5. The molecule has 11 heteroatoms. The van der Waals surface area contributed by atoms with Crippen LogP contribution >= 0.6 is 11.9 Å². The van der Waals surface area contributed by atoms with Gasteiger partial charge >= 0.3 is 0 Å². The van der Waals surface area contributed by atoms with Gasteiger partial charge in [-0.05, 0) is 61.2 Å². The number of aromatic amines is 1. The summed E-state index contributed by atoms with van der Waals surface area (Å²) in [6, 6.07) is 7.27. The molecule has 7 nitrogen and oxygen atoms in total. The zero-order valence-electron chi connectivity index (χ0n) is 20.3. The van der Waals surface area contributed by atoms with E-state index in [1.54, 1.807) is 24.4 Å². The lowest BCUT2D eigenvalue weighted by molar-refractivity contribution is 0.103. The van der Waals surface area contributed by atoms with E-state index in [4.69, 9.17) is 9.47 Å². The van der Waals surface area contributed by atoms with Crippen LogP contribution in [0.25, 0.3) is 22.2 Å². The molecule has 0 atom stereocenters. The number of methoxy groups -OCH3 is 2. The lowest BCUT2D eigenvalue weighted by Crippen LogP contribution is -2.09. The Morgan fingerprint density at radius 3 is 2.74 bits per heavy atom. The molecule has 2 N–H and O–H groups in total. The van der Waals surface area contributed by atoms with Crippen molar-refractivity contribution in [2.45, 2.75) is 12.8 Å². The maximum absolute atomic E-state index is 15.4. The Hall–Kier alpha value is -4.25. The SMILES string of the molecule is COc1ccc(-c2cnc3[nH]cc(C(=O)c4c(F)ccc(NSC5=CC(F)=CCC5)c4F)c3c2)c(OC)n1. The molecule has 0 radical (unpaired) electrons. The average molecular weight is 539 g/mol. The van der Waals surface area contributed by atoms with E-state index >= 15 is 4.39 Å². The second-order valence-electron chi connectivity index (χ2n) is 8.29. The fourth-order valence-electron chi connectivity index (χ4n) is 4.06. The number of rotatable bonds is 8. The van der Waals surface area contributed by atoms with Crippen molar-refractivity contribution >= 4 is 34.5 Å². The molecule has 3 aromatic heterocycles. The molecule has 0 bridgehead atoms. The van der Waals surface area contributed by atoms with Gasteiger partial charge in [0.25, 0.3) is 0 Å². The Morgan fingerprint density at radius 1 is 1.13 bits per heavy atom. The van der Waals surface area contributed by atoms with Crippen LogP contribution < -0.4 is 14.2 Å². The number of ether oxygens (including phenoxy) is 2. The number of nitrogens with zero attached hydrogens (tertiary/aromatic N) is 2. The standard InChI is InChI=1S/C27H21F3N4O3S/c1-36-22-9-6-17(27(33-22)37-2)14-10-18-19(13-32-26(18)31-12-14)25(35)23-20(29)7-8-21(24(23)30)34-38-16-5-3-4-15(28)11-16/h4,6-13,34H,3,5H2,1-2H3,(H,31,32). The predicted octanol–water partition coefficient (Wildman–Crippen LogP) is 6.74. The second-order valence-corrected chi connectivity index (χ2v) is 9.22. The fraction of sp³-hybridized carbons (Fsp3) is 0.148. The minimum absolute atomic E-state index is 0.0413. The van der Waals surface area contributed by atoms with Crippen molar-refractivity contribution in [2.24, 2.45) is 0 Å². The average Bonchev–Trinajstić information content (AvgIpc) is 3.35. The molecular formula is C27H21F3N4O3S. The van der Waals surface area contributed by atoms with Gasteiger partial charge in [0.15, 0.2) is 5.82 Å². The molecule has 5 rings (SSSR count). The first kappa shape index (κ1) is 25.4. The molecule has 0 saturated heterocycles. The zero-order chi connectivity index (χ0) is 26.8. The molecule has 0 fully saturated rings. The molecule has 4 aromatic rings. The van der Waals surface area contributed by atoms with Crippen LogP contribution in [0.5, 0.6) is 11.8 Å². The number of pyridine rings is 2. The molecule has 0 aliphatic heterocycles. The number of allylic oxidation sites excluding steroid dienone is 4. The van der Waals surface area contributed by atoms with Gasteiger partial charge in [0.1, 0.15) is 17.3 Å². The summed E-state index contributed by atoms with van der Waals surface area (Å²) in [7, 11) is 2.95. The predicted molar refractivity (Wildman–Crippen MR) is 140 cm³/mol. The number of carbonyl (C=O) groups is 1. The number of anilines is 1. The lowest BCUT2D eigenvalue weighted by atomic mass is 10.00. The maximum Gasteiger partial charge on any atom is 0.224 e. The molecule has 1 aliphatic rings. The topological polar surface area (TPSA) is 89.1 Å². The van der Waals surface area contributed by atoms with E-state index in [0.29, 0.717) is 45.8 Å². The molecule has 0 spiro atoms. The first-order chi connectivity index (χ1) is 18.4. The monoisotopic (exact) mass is 538 g/mol. The molecule has 0 unspecified atom stereocenters. The molecule has 0 amide bonds. The number of nitrogens with one attached hydrogen (secondary N) is 2. The van der Waals surface area contributed by atoms with Crippen molar-refractivity contribution in [3.05, 3.63) is 88.4 Å². The third-order valence-electron chi connectivity index (χ3n) is 5.96. The number of carbonyl (C=O) groups excluding carboxylic acids is 1. The summed E-state index contributed by atoms with van der Waals surface area (Å²) in [5.41, 5.74) is 0.763. The number of ketones is 1. The molecule has 0 saturated carbocycles. The number of halogens is 3. The molecule has 38 heavy (non-hydrogen) atoms. The third-order valence-corrected chi connectivity index (χ3v) is 6.87. The Morgan fingerprint density at radius 2 is 1.97 bits per heavy atom. The van der Waals surface area contributed by atoms with Gasteiger partial charge in [-0.2, -0.15) is 4.98 Å². The van der Waals surface area contributed by atoms with Crippen molar-refractivity contribution < 1.29 is 27.4 Å². The van der Waals surface area contributed by atoms with Crippen LogP contribution in [-0.4, -0.2) is 35.0 Å². The molecule has 194 valence electrons. The number of fused-ring (bicyclic) bond motifs is 1. The van der Waals surface area contributed by atoms with Crippen molar-refractivity contribution in [1.82, 2.24) is 15.0 Å². The Balaban J connectivity index is 1.50. The highest BCUT2D eigenvalue weighted by atomic mass is 32.2. The van der Waals surface area contributed by atoms with Crippen molar-refractivity contribution in [3.63, 3.8) is 0 Å². The summed E-state index contributed by atoms with van der Waals surface area (Å²) >= 11 is 1.01. The highest BCUT2D eigenvalue weighted by molar-refractivity contribution is 8.04. The molecular weight excluding hydrogens is 517 g/mol. The zero-order valence-corrected chi connectivity index (χ0v) is 21.1. The third kappa shape index (κ3) is 4.84. The van der Waals surface area contributed by atoms with Crippen molar-refractivity contribution in [3.8, 4) is 22.9 Å². The van der Waals surface area contributed by atoms with E-state index in [0.717, 1.165) is 18.0 Å². The van der Waals surface area contributed by atoms with Crippen LogP contribution in [0.4, 0.5) is 18.9 Å². The van der Waals surface area contributed by atoms with Gasteiger partial charge in [-0.3, -0.25) is 4.79 Å². The lowest BCUT2D eigenvalue weighted by Gasteiger charge is -2.13. The van der Waals surface area contributed by atoms with Crippen LogP contribution in [0.3, 0.4) is 0 Å². The summed E-state index contributed by atoms with van der Waals surface area (Å²) in [6.45, 7) is 0. The smallest absolute Gasteiger partial charge is 0.224 e. The van der Waals surface area contributed by atoms with Crippen LogP contribution in [0.1, 0.15) is 28.8 Å². The van der Waals surface area contributed by atoms with Gasteiger partial charge in [-0.15, -0.1) is 0 Å². The van der Waals surface area contributed by atoms with E-state index in [2.05, 4.69) is 19.7 Å². The first-order valence-corrected chi connectivity index (χ1v) is 12.3. The van der Waals surface area contributed by atoms with E-state index in [-0.39, 0.29) is 23.0 Å². The Labute approximate surface area is 219 Å². The molecule has 1 aliphatic carbocycles. The van der Waals surface area contributed by atoms with Gasteiger partial charge in [-0.25, -0.2) is 18.2 Å². The van der Waals surface area contributed by atoms with Gasteiger partial charge in [0.2, 0.25) is 17.5 Å². The van der Waals surface area contributed by atoms with E-state index < -0.39 is 23.0 Å². The largest absolute Gasteiger partial charge is 0.481 e. The van der Waals surface area contributed by atoms with E-state index in [1.807, 2.05) is 0 Å². The highest BCUT2D eigenvalue weighted by Crippen LogP contribution is 2.35. The summed E-state index contributed by atoms with van der Waals surface area (Å²) in [5.74, 6) is -2.64. The van der Waals surface area contributed by atoms with Crippen molar-refractivity contribution in [2.75, 3.05) is 18.9 Å².